The van der Waals surface area contributed by atoms with E-state index < -0.39 is 0 Å². The van der Waals surface area contributed by atoms with Gasteiger partial charge in [-0.1, -0.05) is 0 Å². The average Bonchev–Trinajstić information content (AvgIpc) is 2.84. The Labute approximate surface area is 114 Å². The second kappa shape index (κ2) is 6.59. The summed E-state index contributed by atoms with van der Waals surface area (Å²) in [6, 6.07) is 2.04. The van der Waals surface area contributed by atoms with E-state index in [9.17, 15) is 4.79 Å². The van der Waals surface area contributed by atoms with Crippen LogP contribution in [0.15, 0.2) is 15.9 Å². The number of amides is 1. The van der Waals surface area contributed by atoms with E-state index in [1.54, 1.807) is 11.3 Å². The first kappa shape index (κ1) is 14.0. The Balaban J connectivity index is 0.00000128. The van der Waals surface area contributed by atoms with Crippen LogP contribution >= 0.6 is 39.7 Å². The lowest BCUT2D eigenvalue weighted by molar-refractivity contribution is -0.124. The molecule has 0 aromatic carbocycles. The molecule has 1 amide bonds. The molecule has 0 saturated carbocycles. The number of nitrogens with one attached hydrogen (secondary N) is 2. The van der Waals surface area contributed by atoms with Gasteiger partial charge in [0, 0.05) is 21.3 Å². The van der Waals surface area contributed by atoms with Gasteiger partial charge in [0.25, 0.3) is 0 Å². The molecule has 2 N–H and O–H groups in total. The summed E-state index contributed by atoms with van der Waals surface area (Å²) in [5.74, 6) is 0.331. The third-order valence-corrected chi connectivity index (χ3v) is 4.19. The molecule has 2 heterocycles. The zero-order valence-electron chi connectivity index (χ0n) is 8.66. The van der Waals surface area contributed by atoms with Crippen LogP contribution in [-0.2, 0) is 11.3 Å². The SMILES string of the molecule is Cl.O=C(NCc1cc(Br)cs1)C1CCNC1. The summed E-state index contributed by atoms with van der Waals surface area (Å²) < 4.78 is 1.08. The van der Waals surface area contributed by atoms with Crippen molar-refractivity contribution in [2.45, 2.75) is 13.0 Å². The lowest BCUT2D eigenvalue weighted by atomic mass is 10.1. The fraction of sp³-hybridized carbons (Fsp3) is 0.500. The first-order valence-electron chi connectivity index (χ1n) is 4.97. The molecule has 0 bridgehead atoms. The molecular weight excluding hydrogens is 312 g/mol. The number of thiophene rings is 1. The van der Waals surface area contributed by atoms with Gasteiger partial charge in [0.2, 0.25) is 5.91 Å². The second-order valence-electron chi connectivity index (χ2n) is 3.64. The maximum Gasteiger partial charge on any atom is 0.224 e. The molecule has 0 aliphatic carbocycles. The molecule has 0 radical (unpaired) electrons. The van der Waals surface area contributed by atoms with E-state index >= 15 is 0 Å². The van der Waals surface area contributed by atoms with Gasteiger partial charge in [-0.15, -0.1) is 23.7 Å². The smallest absolute Gasteiger partial charge is 0.224 e. The Morgan fingerprint density at radius 3 is 3.06 bits per heavy atom. The van der Waals surface area contributed by atoms with Crippen LogP contribution < -0.4 is 10.6 Å². The van der Waals surface area contributed by atoms with Gasteiger partial charge >= 0.3 is 0 Å². The molecule has 3 nitrogen and oxygen atoms in total. The van der Waals surface area contributed by atoms with Gasteiger partial charge in [-0.25, -0.2) is 0 Å². The highest BCUT2D eigenvalue weighted by atomic mass is 79.9. The highest BCUT2D eigenvalue weighted by Crippen LogP contribution is 2.19. The molecule has 1 aromatic heterocycles. The normalized spacial score (nSPS) is 19.2. The maximum atomic E-state index is 11.7. The highest BCUT2D eigenvalue weighted by molar-refractivity contribution is 9.10. The Bertz CT molecular complexity index is 352. The number of hydrogen-bond acceptors (Lipinski definition) is 3. The number of carbonyl (C=O) groups excluding carboxylic acids is 1. The van der Waals surface area contributed by atoms with E-state index in [0.717, 1.165) is 24.0 Å². The molecule has 90 valence electrons. The van der Waals surface area contributed by atoms with E-state index in [4.69, 9.17) is 0 Å². The molecule has 1 atom stereocenters. The van der Waals surface area contributed by atoms with Crippen molar-refractivity contribution >= 4 is 45.6 Å². The zero-order chi connectivity index (χ0) is 10.7. The van der Waals surface area contributed by atoms with Crippen molar-refractivity contribution in [1.82, 2.24) is 10.6 Å². The summed E-state index contributed by atoms with van der Waals surface area (Å²) in [4.78, 5) is 12.8. The van der Waals surface area contributed by atoms with Gasteiger partial charge in [-0.05, 0) is 35.0 Å². The predicted molar refractivity (Wildman–Crippen MR) is 72.1 cm³/mol. The molecule has 1 saturated heterocycles. The molecule has 1 aliphatic rings. The van der Waals surface area contributed by atoms with Gasteiger partial charge in [-0.3, -0.25) is 4.79 Å². The number of rotatable bonds is 3. The van der Waals surface area contributed by atoms with E-state index in [1.165, 1.54) is 4.88 Å². The first-order valence-corrected chi connectivity index (χ1v) is 6.64. The minimum absolute atomic E-state index is 0. The number of carbonyl (C=O) groups is 1. The lowest BCUT2D eigenvalue weighted by Gasteiger charge is -2.08. The van der Waals surface area contributed by atoms with Crippen molar-refractivity contribution in [3.05, 3.63) is 20.8 Å². The van der Waals surface area contributed by atoms with Gasteiger partial charge in [0.05, 0.1) is 12.5 Å². The summed E-state index contributed by atoms with van der Waals surface area (Å²) in [5, 5.41) is 8.18. The topological polar surface area (TPSA) is 41.1 Å². The highest BCUT2D eigenvalue weighted by Gasteiger charge is 2.21. The summed E-state index contributed by atoms with van der Waals surface area (Å²) in [7, 11) is 0. The van der Waals surface area contributed by atoms with Crippen molar-refractivity contribution in [3.63, 3.8) is 0 Å². The molecular formula is C10H14BrClN2OS. The lowest BCUT2D eigenvalue weighted by Crippen LogP contribution is -2.31. The van der Waals surface area contributed by atoms with Crippen LogP contribution in [0.2, 0.25) is 0 Å². The number of halogens is 2. The molecule has 16 heavy (non-hydrogen) atoms. The monoisotopic (exact) mass is 324 g/mol. The minimum atomic E-state index is 0. The van der Waals surface area contributed by atoms with Crippen LogP contribution in [0.25, 0.3) is 0 Å². The van der Waals surface area contributed by atoms with Crippen molar-refractivity contribution in [2.24, 2.45) is 5.92 Å². The van der Waals surface area contributed by atoms with E-state index in [2.05, 4.69) is 26.6 Å². The van der Waals surface area contributed by atoms with Crippen LogP contribution in [0.5, 0.6) is 0 Å². The fourth-order valence-electron chi connectivity index (χ4n) is 1.64. The van der Waals surface area contributed by atoms with Gasteiger partial charge in [-0.2, -0.15) is 0 Å². The van der Waals surface area contributed by atoms with E-state index in [0.29, 0.717) is 6.54 Å². The summed E-state index contributed by atoms with van der Waals surface area (Å²) in [6.45, 7) is 2.42. The maximum absolute atomic E-state index is 11.7. The molecule has 1 aromatic rings. The van der Waals surface area contributed by atoms with E-state index in [-0.39, 0.29) is 24.2 Å². The van der Waals surface area contributed by atoms with Crippen molar-refractivity contribution in [3.8, 4) is 0 Å². The average molecular weight is 326 g/mol. The molecule has 1 aliphatic heterocycles. The first-order chi connectivity index (χ1) is 7.25. The largest absolute Gasteiger partial charge is 0.351 e. The van der Waals surface area contributed by atoms with Crippen LogP contribution in [0.1, 0.15) is 11.3 Å². The van der Waals surface area contributed by atoms with Crippen LogP contribution in [-0.4, -0.2) is 19.0 Å². The van der Waals surface area contributed by atoms with Crippen LogP contribution in [0.3, 0.4) is 0 Å². The van der Waals surface area contributed by atoms with Crippen LogP contribution in [0.4, 0.5) is 0 Å². The third-order valence-electron chi connectivity index (χ3n) is 2.49. The Kier molecular flexibility index (Phi) is 5.75. The number of hydrogen-bond donors (Lipinski definition) is 2. The predicted octanol–water partition coefficient (Wildman–Crippen LogP) is 2.16. The van der Waals surface area contributed by atoms with Gasteiger partial charge in [0.1, 0.15) is 0 Å². The fourth-order valence-corrected chi connectivity index (χ4v) is 3.03. The minimum Gasteiger partial charge on any atom is -0.351 e. The molecule has 6 heteroatoms. The third kappa shape index (κ3) is 3.73. The summed E-state index contributed by atoms with van der Waals surface area (Å²) in [5.41, 5.74) is 0. The Morgan fingerprint density at radius 2 is 2.50 bits per heavy atom. The second-order valence-corrected chi connectivity index (χ2v) is 5.55. The van der Waals surface area contributed by atoms with Crippen LogP contribution in [0, 0.1) is 5.92 Å². The van der Waals surface area contributed by atoms with Crippen molar-refractivity contribution < 1.29 is 4.79 Å². The molecule has 2 rings (SSSR count). The Hall–Kier alpha value is -0.100. The van der Waals surface area contributed by atoms with Crippen molar-refractivity contribution in [2.75, 3.05) is 13.1 Å². The quantitative estimate of drug-likeness (QED) is 0.894. The molecule has 0 spiro atoms. The summed E-state index contributed by atoms with van der Waals surface area (Å²) >= 11 is 5.05. The standard InChI is InChI=1S/C10H13BrN2OS.ClH/c11-8-3-9(15-6-8)5-13-10(14)7-1-2-12-4-7;/h3,6-7,12H,1-2,4-5H2,(H,13,14);1H. The summed E-state index contributed by atoms with van der Waals surface area (Å²) in [6.07, 6.45) is 0.958. The Morgan fingerprint density at radius 1 is 1.69 bits per heavy atom. The van der Waals surface area contributed by atoms with Crippen molar-refractivity contribution in [1.29, 1.82) is 0 Å². The molecule has 1 unspecified atom stereocenters. The van der Waals surface area contributed by atoms with Gasteiger partial charge in [0.15, 0.2) is 0 Å². The zero-order valence-corrected chi connectivity index (χ0v) is 11.9. The van der Waals surface area contributed by atoms with E-state index in [1.807, 2.05) is 11.4 Å². The van der Waals surface area contributed by atoms with Gasteiger partial charge < -0.3 is 10.6 Å². The molecule has 1 fully saturated rings.